The number of amides is 1. The van der Waals surface area contributed by atoms with Gasteiger partial charge in [-0.15, -0.1) is 0 Å². The lowest BCUT2D eigenvalue weighted by atomic mass is 10.1. The fourth-order valence-electron chi connectivity index (χ4n) is 3.62. The van der Waals surface area contributed by atoms with E-state index in [0.717, 1.165) is 29.2 Å². The number of nitrogens with one attached hydrogen (secondary N) is 2. The molecule has 2 aromatic carbocycles. The van der Waals surface area contributed by atoms with Crippen molar-refractivity contribution in [1.82, 2.24) is 15.1 Å². The number of hydrogen-bond donors (Lipinski definition) is 2. The number of guanidine groups is 1. The first kappa shape index (κ1) is 24.3. The van der Waals surface area contributed by atoms with Crippen LogP contribution >= 0.6 is 11.6 Å². The van der Waals surface area contributed by atoms with Gasteiger partial charge in [0.15, 0.2) is 0 Å². The van der Waals surface area contributed by atoms with Crippen molar-refractivity contribution in [2.45, 2.75) is 40.7 Å². The summed E-state index contributed by atoms with van der Waals surface area (Å²) in [5.74, 6) is 0.720. The molecule has 0 bridgehead atoms. The summed E-state index contributed by atoms with van der Waals surface area (Å²) in [4.78, 5) is 17.5. The van der Waals surface area contributed by atoms with Crippen LogP contribution in [-0.4, -0.2) is 35.3 Å². The van der Waals surface area contributed by atoms with Crippen molar-refractivity contribution < 1.29 is 9.53 Å². The van der Waals surface area contributed by atoms with Crippen molar-refractivity contribution >= 4 is 29.2 Å². The molecule has 3 rings (SSSR count). The van der Waals surface area contributed by atoms with Crippen LogP contribution in [0.25, 0.3) is 0 Å². The molecule has 2 N–H and O–H groups in total. The van der Waals surface area contributed by atoms with Gasteiger partial charge in [-0.2, -0.15) is 5.10 Å². The molecule has 0 unspecified atom stereocenters. The number of rotatable bonds is 7. The molecule has 1 heterocycles. The minimum atomic E-state index is -0.282. The molecule has 0 aliphatic rings. The Morgan fingerprint density at radius 2 is 1.88 bits per heavy atom. The molecule has 3 aromatic rings. The number of ether oxygens (including phenoxy) is 1. The van der Waals surface area contributed by atoms with Crippen molar-refractivity contribution in [3.8, 4) is 5.75 Å². The number of halogens is 1. The smallest absolute Gasteiger partial charge is 0.257 e. The van der Waals surface area contributed by atoms with E-state index in [1.165, 1.54) is 5.56 Å². The maximum Gasteiger partial charge on any atom is 0.257 e. The van der Waals surface area contributed by atoms with E-state index in [-0.39, 0.29) is 5.91 Å². The zero-order valence-corrected chi connectivity index (χ0v) is 20.5. The van der Waals surface area contributed by atoms with Crippen LogP contribution in [0.1, 0.15) is 39.8 Å². The highest BCUT2D eigenvalue weighted by Crippen LogP contribution is 2.25. The van der Waals surface area contributed by atoms with Gasteiger partial charge >= 0.3 is 0 Å². The molecule has 0 aliphatic heterocycles. The van der Waals surface area contributed by atoms with E-state index in [2.05, 4.69) is 34.6 Å². The minimum Gasteiger partial charge on any atom is -0.495 e. The number of anilines is 1. The highest BCUT2D eigenvalue weighted by molar-refractivity contribution is 6.30. The molecule has 1 aromatic heterocycles. The predicted molar refractivity (Wildman–Crippen MR) is 134 cm³/mol. The lowest BCUT2D eigenvalue weighted by molar-refractivity contribution is 0.0977. The number of aromatic nitrogens is 2. The number of nitrogens with zero attached hydrogens (tertiary/aromatic N) is 3. The predicted octanol–water partition coefficient (Wildman–Crippen LogP) is 4.93. The molecule has 0 radical (unpaired) electrons. The molecule has 174 valence electrons. The van der Waals surface area contributed by atoms with Crippen LogP contribution in [0.4, 0.5) is 5.69 Å². The summed E-state index contributed by atoms with van der Waals surface area (Å²) in [6, 6.07) is 12.5. The summed E-state index contributed by atoms with van der Waals surface area (Å²) in [5.41, 5.74) is 5.59. The maximum absolute atomic E-state index is 12.8. The van der Waals surface area contributed by atoms with Gasteiger partial charge in [0.2, 0.25) is 5.96 Å². The van der Waals surface area contributed by atoms with Gasteiger partial charge in [0.25, 0.3) is 5.91 Å². The van der Waals surface area contributed by atoms with E-state index >= 15 is 0 Å². The molecule has 7 nitrogen and oxygen atoms in total. The van der Waals surface area contributed by atoms with Crippen LogP contribution in [0.15, 0.2) is 47.5 Å². The number of hydrogen-bond acceptors (Lipinski definition) is 4. The number of benzene rings is 2. The average molecular weight is 468 g/mol. The van der Waals surface area contributed by atoms with Gasteiger partial charge in [-0.25, -0.2) is 0 Å². The Labute approximate surface area is 199 Å². The number of carbonyl (C=O) groups excluding carboxylic acids is 1. The third-order valence-corrected chi connectivity index (χ3v) is 5.66. The third kappa shape index (κ3) is 6.14. The number of methoxy groups -OCH3 is 1. The first-order valence-corrected chi connectivity index (χ1v) is 11.3. The number of carbonyl (C=O) groups is 1. The number of aryl methyl sites for hydroxylation is 3. The van der Waals surface area contributed by atoms with E-state index in [0.29, 0.717) is 35.3 Å². The summed E-state index contributed by atoms with van der Waals surface area (Å²) in [6.45, 7) is 9.45. The normalized spacial score (nSPS) is 11.4. The molecule has 1 amide bonds. The second-order valence-corrected chi connectivity index (χ2v) is 8.17. The van der Waals surface area contributed by atoms with Gasteiger partial charge < -0.3 is 10.1 Å². The summed E-state index contributed by atoms with van der Waals surface area (Å²) in [6.07, 6.45) is 0.713. The Balaban J connectivity index is 1.84. The minimum absolute atomic E-state index is 0.282. The molecular formula is C25H30ClN5O2. The molecule has 0 aliphatic carbocycles. The largest absolute Gasteiger partial charge is 0.495 e. The van der Waals surface area contributed by atoms with Gasteiger partial charge in [-0.3, -0.25) is 19.8 Å². The van der Waals surface area contributed by atoms with E-state index < -0.39 is 0 Å². The molecule has 0 atom stereocenters. The second kappa shape index (κ2) is 11.0. The van der Waals surface area contributed by atoms with Gasteiger partial charge in [0.1, 0.15) is 5.75 Å². The lowest BCUT2D eigenvalue weighted by Gasteiger charge is -2.15. The monoisotopic (exact) mass is 467 g/mol. The first-order chi connectivity index (χ1) is 15.8. The summed E-state index contributed by atoms with van der Waals surface area (Å²) >= 11 is 5.95. The summed E-state index contributed by atoms with van der Waals surface area (Å²) < 4.78 is 7.46. The van der Waals surface area contributed by atoms with Crippen molar-refractivity contribution in [2.75, 3.05) is 19.0 Å². The second-order valence-electron chi connectivity index (χ2n) is 7.74. The SMILES string of the molecule is CCn1nc(C)c(CCN=C(NC(=O)c2ccc(Cl)cc2)Nc2cc(C)ccc2OC)c1C. The molecule has 0 saturated carbocycles. The van der Waals surface area contributed by atoms with Gasteiger partial charge in [0.05, 0.1) is 18.5 Å². The molecule has 33 heavy (non-hydrogen) atoms. The molecule has 0 fully saturated rings. The van der Waals surface area contributed by atoms with Crippen LogP contribution in [0.2, 0.25) is 5.02 Å². The fraction of sp³-hybridized carbons (Fsp3) is 0.320. The highest BCUT2D eigenvalue weighted by Gasteiger charge is 2.13. The number of aliphatic imine (C=N–C) groups is 1. The van der Waals surface area contributed by atoms with Crippen LogP contribution < -0.4 is 15.4 Å². The van der Waals surface area contributed by atoms with Crippen LogP contribution in [0, 0.1) is 20.8 Å². The Morgan fingerprint density at radius 1 is 1.15 bits per heavy atom. The fourth-order valence-corrected chi connectivity index (χ4v) is 3.75. The van der Waals surface area contributed by atoms with E-state index in [9.17, 15) is 4.79 Å². The van der Waals surface area contributed by atoms with Crippen LogP contribution in [-0.2, 0) is 13.0 Å². The lowest BCUT2D eigenvalue weighted by Crippen LogP contribution is -2.36. The average Bonchev–Trinajstić information content (AvgIpc) is 3.07. The van der Waals surface area contributed by atoms with Crippen molar-refractivity contribution in [3.63, 3.8) is 0 Å². The summed E-state index contributed by atoms with van der Waals surface area (Å²) in [5, 5.41) is 11.3. The molecule has 0 spiro atoms. The molecule has 8 heteroatoms. The standard InChI is InChI=1S/C25H30ClN5O2/c1-6-31-18(4)21(17(3)30-31)13-14-27-25(28-22-15-16(2)7-12-23(22)33-5)29-24(32)19-8-10-20(26)11-9-19/h7-12,15H,6,13-14H2,1-5H3,(H2,27,28,29,32). The van der Waals surface area contributed by atoms with E-state index in [4.69, 9.17) is 16.3 Å². The molecular weight excluding hydrogens is 438 g/mol. The Bertz CT molecular complexity index is 1150. The zero-order valence-electron chi connectivity index (χ0n) is 19.7. The van der Waals surface area contributed by atoms with Crippen molar-refractivity contribution in [1.29, 1.82) is 0 Å². The van der Waals surface area contributed by atoms with Gasteiger partial charge in [-0.1, -0.05) is 17.7 Å². The topological polar surface area (TPSA) is 80.5 Å². The maximum atomic E-state index is 12.8. The van der Waals surface area contributed by atoms with Crippen LogP contribution in [0.3, 0.4) is 0 Å². The van der Waals surface area contributed by atoms with Crippen LogP contribution in [0.5, 0.6) is 5.75 Å². The van der Waals surface area contributed by atoms with E-state index in [1.54, 1.807) is 31.4 Å². The quantitative estimate of drug-likeness (QED) is 0.381. The third-order valence-electron chi connectivity index (χ3n) is 5.41. The Kier molecular flexibility index (Phi) is 8.11. The van der Waals surface area contributed by atoms with Crippen molar-refractivity contribution in [3.05, 3.63) is 75.6 Å². The van der Waals surface area contributed by atoms with Gasteiger partial charge in [0, 0.05) is 29.4 Å². The highest BCUT2D eigenvalue weighted by atomic mass is 35.5. The zero-order chi connectivity index (χ0) is 24.0. The Morgan fingerprint density at radius 3 is 2.52 bits per heavy atom. The first-order valence-electron chi connectivity index (χ1n) is 10.9. The summed E-state index contributed by atoms with van der Waals surface area (Å²) in [7, 11) is 1.61. The molecule has 0 saturated heterocycles. The Hall–Kier alpha value is -3.32. The van der Waals surface area contributed by atoms with Crippen molar-refractivity contribution in [2.24, 2.45) is 4.99 Å². The van der Waals surface area contributed by atoms with E-state index in [1.807, 2.05) is 36.7 Å². The van der Waals surface area contributed by atoms with Gasteiger partial charge in [-0.05, 0) is 81.6 Å².